The lowest BCUT2D eigenvalue weighted by Crippen LogP contribution is -2.41. The van der Waals surface area contributed by atoms with Gasteiger partial charge in [0, 0.05) is 31.0 Å². The molecule has 0 unspecified atom stereocenters. The largest absolute Gasteiger partial charge is 0.497 e. The molecule has 0 bridgehead atoms. The van der Waals surface area contributed by atoms with Crippen molar-refractivity contribution in [3.8, 4) is 5.75 Å². The first-order chi connectivity index (χ1) is 12.0. The predicted molar refractivity (Wildman–Crippen MR) is 107 cm³/mol. The topological polar surface area (TPSA) is 40.6 Å². The van der Waals surface area contributed by atoms with Crippen LogP contribution in [0.4, 0.5) is 5.69 Å². The Morgan fingerprint density at radius 3 is 2.64 bits per heavy atom. The Balaban J connectivity index is 2.17. The second kappa shape index (κ2) is 9.34. The first-order valence-corrected chi connectivity index (χ1v) is 8.69. The lowest BCUT2D eigenvalue weighted by molar-refractivity contribution is 0.286. The van der Waals surface area contributed by atoms with Gasteiger partial charge in [0.1, 0.15) is 5.75 Å². The molecule has 2 rings (SSSR count). The Hall–Kier alpha value is -2.18. The number of methoxy groups -OCH3 is 1. The number of likely N-dealkylation sites (N-methyl/N-ethyl adjacent to an activating group) is 1. The van der Waals surface area contributed by atoms with E-state index in [1.807, 2.05) is 48.7 Å². The molecule has 0 aliphatic heterocycles. The Kier molecular flexibility index (Phi) is 7.16. The van der Waals surface area contributed by atoms with E-state index in [0.29, 0.717) is 5.11 Å². The van der Waals surface area contributed by atoms with Crippen molar-refractivity contribution in [2.45, 2.75) is 13.0 Å². The van der Waals surface area contributed by atoms with E-state index in [9.17, 15) is 0 Å². The number of rotatable bonds is 7. The van der Waals surface area contributed by atoms with E-state index in [2.05, 4.69) is 41.1 Å². The molecule has 0 spiro atoms. The molecule has 0 saturated carbocycles. The quantitative estimate of drug-likeness (QED) is 0.765. The molecule has 6 heteroatoms. The van der Waals surface area contributed by atoms with Crippen molar-refractivity contribution < 1.29 is 4.74 Å². The molecule has 2 aromatic rings. The summed E-state index contributed by atoms with van der Waals surface area (Å²) in [4.78, 5) is 8.79. The zero-order chi connectivity index (χ0) is 18.2. The molecule has 25 heavy (non-hydrogen) atoms. The minimum absolute atomic E-state index is 0.0757. The highest BCUT2D eigenvalue weighted by Crippen LogP contribution is 2.21. The van der Waals surface area contributed by atoms with Crippen molar-refractivity contribution >= 4 is 23.0 Å². The van der Waals surface area contributed by atoms with Crippen molar-refractivity contribution in [3.05, 3.63) is 54.4 Å². The second-order valence-electron chi connectivity index (χ2n) is 6.09. The number of nitrogens with one attached hydrogen (secondary N) is 1. The van der Waals surface area contributed by atoms with E-state index >= 15 is 0 Å². The highest BCUT2D eigenvalue weighted by Gasteiger charge is 2.20. The van der Waals surface area contributed by atoms with Crippen LogP contribution in [0.25, 0.3) is 0 Å². The standard InChI is InChI=1S/C19H26N4OS/c1-15(18-10-5-6-11-20-18)23(13-12-22(2)3)19(25)21-16-8-7-9-17(14-16)24-4/h5-11,14-15H,12-13H2,1-4H3,(H,21,25)/t15-/m1/s1. The van der Waals surface area contributed by atoms with Crippen LogP contribution in [0.1, 0.15) is 18.7 Å². The van der Waals surface area contributed by atoms with E-state index in [4.69, 9.17) is 17.0 Å². The van der Waals surface area contributed by atoms with Crippen LogP contribution >= 0.6 is 12.2 Å². The van der Waals surface area contributed by atoms with E-state index < -0.39 is 0 Å². The highest BCUT2D eigenvalue weighted by atomic mass is 32.1. The smallest absolute Gasteiger partial charge is 0.174 e. The molecule has 1 atom stereocenters. The number of ether oxygens (including phenoxy) is 1. The molecule has 134 valence electrons. The predicted octanol–water partition coefficient (Wildman–Crippen LogP) is 3.41. The second-order valence-corrected chi connectivity index (χ2v) is 6.48. The van der Waals surface area contributed by atoms with Gasteiger partial charge in [-0.2, -0.15) is 0 Å². The molecule has 0 radical (unpaired) electrons. The number of benzene rings is 1. The summed E-state index contributed by atoms with van der Waals surface area (Å²) in [5, 5.41) is 4.00. The number of anilines is 1. The number of aromatic nitrogens is 1. The molecule has 1 aromatic heterocycles. The maximum Gasteiger partial charge on any atom is 0.174 e. The Bertz CT molecular complexity index is 678. The summed E-state index contributed by atoms with van der Waals surface area (Å²) < 4.78 is 5.28. The van der Waals surface area contributed by atoms with Gasteiger partial charge in [-0.25, -0.2) is 0 Å². The Labute approximate surface area is 155 Å². The van der Waals surface area contributed by atoms with E-state index in [1.54, 1.807) is 7.11 Å². The lowest BCUT2D eigenvalue weighted by atomic mass is 10.2. The van der Waals surface area contributed by atoms with E-state index in [1.165, 1.54) is 0 Å². The van der Waals surface area contributed by atoms with Gasteiger partial charge in [0.05, 0.1) is 18.8 Å². The maximum absolute atomic E-state index is 5.69. The fourth-order valence-corrected chi connectivity index (χ4v) is 2.82. The molecule has 0 aliphatic carbocycles. The number of hydrogen-bond donors (Lipinski definition) is 1. The summed E-state index contributed by atoms with van der Waals surface area (Å²) in [6, 6.07) is 13.8. The van der Waals surface area contributed by atoms with Gasteiger partial charge < -0.3 is 19.9 Å². The maximum atomic E-state index is 5.69. The van der Waals surface area contributed by atoms with E-state index in [0.717, 1.165) is 30.2 Å². The molecule has 0 fully saturated rings. The summed E-state index contributed by atoms with van der Waals surface area (Å²) in [6.45, 7) is 3.83. The molecule has 1 heterocycles. The number of thiocarbonyl (C=S) groups is 1. The highest BCUT2D eigenvalue weighted by molar-refractivity contribution is 7.80. The summed E-state index contributed by atoms with van der Waals surface area (Å²) >= 11 is 5.69. The Morgan fingerprint density at radius 1 is 1.20 bits per heavy atom. The zero-order valence-corrected chi connectivity index (χ0v) is 16.1. The van der Waals surface area contributed by atoms with Gasteiger partial charge in [-0.3, -0.25) is 4.98 Å². The molecule has 1 aromatic carbocycles. The molecule has 0 aliphatic rings. The van der Waals surface area contributed by atoms with Gasteiger partial charge >= 0.3 is 0 Å². The van der Waals surface area contributed by atoms with Crippen LogP contribution < -0.4 is 10.1 Å². The van der Waals surface area contributed by atoms with Crippen LogP contribution in [0.2, 0.25) is 0 Å². The fraction of sp³-hybridized carbons (Fsp3) is 0.368. The fourth-order valence-electron chi connectivity index (χ4n) is 2.46. The van der Waals surface area contributed by atoms with Gasteiger partial charge in [0.25, 0.3) is 0 Å². The third kappa shape index (κ3) is 5.69. The van der Waals surface area contributed by atoms with Gasteiger partial charge in [-0.05, 0) is 57.5 Å². The molecular formula is C19H26N4OS. The van der Waals surface area contributed by atoms with Crippen molar-refractivity contribution in [2.75, 3.05) is 39.6 Å². The zero-order valence-electron chi connectivity index (χ0n) is 15.3. The van der Waals surface area contributed by atoms with E-state index in [-0.39, 0.29) is 6.04 Å². The minimum Gasteiger partial charge on any atom is -0.497 e. The van der Waals surface area contributed by atoms with Crippen molar-refractivity contribution in [1.82, 2.24) is 14.8 Å². The van der Waals surface area contributed by atoms with Crippen LogP contribution in [0.15, 0.2) is 48.7 Å². The molecule has 0 saturated heterocycles. The SMILES string of the molecule is COc1cccc(NC(=S)N(CCN(C)C)[C@H](C)c2ccccn2)c1. The van der Waals surface area contributed by atoms with Crippen molar-refractivity contribution in [1.29, 1.82) is 0 Å². The third-order valence-corrected chi connectivity index (χ3v) is 4.29. The first kappa shape index (κ1) is 19.1. The van der Waals surface area contributed by atoms with Crippen LogP contribution in [-0.2, 0) is 0 Å². The molecular weight excluding hydrogens is 332 g/mol. The third-order valence-electron chi connectivity index (χ3n) is 3.95. The molecule has 5 nitrogen and oxygen atoms in total. The monoisotopic (exact) mass is 358 g/mol. The molecule has 0 amide bonds. The van der Waals surface area contributed by atoms with Gasteiger partial charge in [0.2, 0.25) is 0 Å². The minimum atomic E-state index is 0.0757. The van der Waals surface area contributed by atoms with Gasteiger partial charge in [0.15, 0.2) is 5.11 Å². The molecule has 1 N–H and O–H groups in total. The first-order valence-electron chi connectivity index (χ1n) is 8.28. The average Bonchev–Trinajstić information content (AvgIpc) is 2.62. The van der Waals surface area contributed by atoms with Gasteiger partial charge in [-0.15, -0.1) is 0 Å². The summed E-state index contributed by atoms with van der Waals surface area (Å²) in [7, 11) is 5.77. The van der Waals surface area contributed by atoms with Crippen LogP contribution in [0.5, 0.6) is 5.75 Å². The van der Waals surface area contributed by atoms with Crippen molar-refractivity contribution in [3.63, 3.8) is 0 Å². The number of pyridine rings is 1. The summed E-state index contributed by atoms with van der Waals surface area (Å²) in [5.74, 6) is 0.797. The average molecular weight is 359 g/mol. The summed E-state index contributed by atoms with van der Waals surface area (Å²) in [6.07, 6.45) is 1.81. The number of nitrogens with zero attached hydrogens (tertiary/aromatic N) is 3. The Morgan fingerprint density at radius 2 is 2.00 bits per heavy atom. The van der Waals surface area contributed by atoms with Crippen molar-refractivity contribution in [2.24, 2.45) is 0 Å². The lowest BCUT2D eigenvalue weighted by Gasteiger charge is -2.32. The summed E-state index contributed by atoms with van der Waals surface area (Å²) in [5.41, 5.74) is 1.91. The van der Waals surface area contributed by atoms with Crippen LogP contribution in [-0.4, -0.2) is 54.2 Å². The number of hydrogen-bond acceptors (Lipinski definition) is 4. The van der Waals surface area contributed by atoms with Crippen LogP contribution in [0.3, 0.4) is 0 Å². The van der Waals surface area contributed by atoms with Crippen LogP contribution in [0, 0.1) is 0 Å². The van der Waals surface area contributed by atoms with Gasteiger partial charge in [-0.1, -0.05) is 12.1 Å². The normalized spacial score (nSPS) is 11.9.